The molecule has 2 aromatic carbocycles. The molecule has 0 unspecified atom stereocenters. The first-order valence-electron chi connectivity index (χ1n) is 5.66. The monoisotopic (exact) mass is 242 g/mol. The van der Waals surface area contributed by atoms with E-state index in [1.807, 2.05) is 60.7 Å². The zero-order chi connectivity index (χ0) is 12.8. The number of rotatable bonds is 3. The van der Waals surface area contributed by atoms with Gasteiger partial charge in [0.05, 0.1) is 7.11 Å². The Balaban J connectivity index is 2.32. The maximum Gasteiger partial charge on any atom is 0.508 e. The molecule has 0 N–H and O–H groups in total. The molecule has 2 rings (SSSR count). The van der Waals surface area contributed by atoms with Gasteiger partial charge in [0.2, 0.25) is 0 Å². The van der Waals surface area contributed by atoms with Gasteiger partial charge in [-0.1, -0.05) is 60.7 Å². The van der Waals surface area contributed by atoms with Gasteiger partial charge in [0.15, 0.2) is 6.10 Å². The highest BCUT2D eigenvalue weighted by Crippen LogP contribution is 2.26. The van der Waals surface area contributed by atoms with Crippen molar-refractivity contribution in [1.82, 2.24) is 0 Å². The summed E-state index contributed by atoms with van der Waals surface area (Å²) in [6.45, 7) is 0. The predicted octanol–water partition coefficient (Wildman–Crippen LogP) is 3.56. The molecular formula is C15H14O3. The van der Waals surface area contributed by atoms with Crippen molar-refractivity contribution in [2.75, 3.05) is 7.11 Å². The average molecular weight is 242 g/mol. The highest BCUT2D eigenvalue weighted by molar-refractivity contribution is 5.60. The Bertz CT molecular complexity index is 454. The first kappa shape index (κ1) is 12.2. The summed E-state index contributed by atoms with van der Waals surface area (Å²) in [6.07, 6.45) is -1.13. The van der Waals surface area contributed by atoms with Gasteiger partial charge in [0, 0.05) is 0 Å². The van der Waals surface area contributed by atoms with Crippen molar-refractivity contribution in [3.05, 3.63) is 71.8 Å². The molecular weight excluding hydrogens is 228 g/mol. The van der Waals surface area contributed by atoms with Gasteiger partial charge in [-0.2, -0.15) is 0 Å². The molecule has 2 aromatic rings. The second kappa shape index (κ2) is 5.87. The molecule has 0 heterocycles. The van der Waals surface area contributed by atoms with Crippen molar-refractivity contribution in [3.63, 3.8) is 0 Å². The Morgan fingerprint density at radius 2 is 1.33 bits per heavy atom. The number of carbonyl (C=O) groups excluding carboxylic acids is 1. The topological polar surface area (TPSA) is 35.5 Å². The van der Waals surface area contributed by atoms with Crippen molar-refractivity contribution in [1.29, 1.82) is 0 Å². The summed E-state index contributed by atoms with van der Waals surface area (Å²) < 4.78 is 9.87. The van der Waals surface area contributed by atoms with Crippen LogP contribution in [0.4, 0.5) is 4.79 Å². The molecule has 0 aliphatic carbocycles. The quantitative estimate of drug-likeness (QED) is 0.772. The highest BCUT2D eigenvalue weighted by Gasteiger charge is 2.18. The maximum atomic E-state index is 11.3. The molecule has 3 heteroatoms. The van der Waals surface area contributed by atoms with Gasteiger partial charge in [-0.15, -0.1) is 0 Å². The van der Waals surface area contributed by atoms with Gasteiger partial charge in [-0.3, -0.25) is 0 Å². The van der Waals surface area contributed by atoms with E-state index in [9.17, 15) is 4.79 Å². The lowest BCUT2D eigenvalue weighted by atomic mass is 10.0. The fourth-order valence-electron chi connectivity index (χ4n) is 1.73. The molecule has 0 fully saturated rings. The summed E-state index contributed by atoms with van der Waals surface area (Å²) in [5.74, 6) is 0. The Morgan fingerprint density at radius 1 is 0.889 bits per heavy atom. The molecule has 0 spiro atoms. The lowest BCUT2D eigenvalue weighted by molar-refractivity contribution is 0.0498. The molecule has 0 saturated carbocycles. The minimum atomic E-state index is -0.687. The first-order chi connectivity index (χ1) is 8.81. The van der Waals surface area contributed by atoms with Crippen LogP contribution in [0.5, 0.6) is 0 Å². The molecule has 3 nitrogen and oxygen atoms in total. The van der Waals surface area contributed by atoms with E-state index in [1.165, 1.54) is 7.11 Å². The van der Waals surface area contributed by atoms with Crippen molar-refractivity contribution < 1.29 is 14.3 Å². The van der Waals surface area contributed by atoms with Gasteiger partial charge in [-0.25, -0.2) is 4.79 Å². The van der Waals surface area contributed by atoms with Crippen molar-refractivity contribution in [3.8, 4) is 0 Å². The van der Waals surface area contributed by atoms with Crippen LogP contribution in [0.1, 0.15) is 17.2 Å². The number of hydrogen-bond acceptors (Lipinski definition) is 3. The first-order valence-corrected chi connectivity index (χ1v) is 5.66. The van der Waals surface area contributed by atoms with Crippen molar-refractivity contribution in [2.45, 2.75) is 6.10 Å². The smallest absolute Gasteiger partial charge is 0.438 e. The summed E-state index contributed by atoms with van der Waals surface area (Å²) in [7, 11) is 1.30. The van der Waals surface area contributed by atoms with Crippen LogP contribution in [0.15, 0.2) is 60.7 Å². The number of benzene rings is 2. The molecule has 0 aliphatic rings. The second-order valence-electron chi connectivity index (χ2n) is 3.77. The minimum Gasteiger partial charge on any atom is -0.438 e. The van der Waals surface area contributed by atoms with E-state index in [4.69, 9.17) is 4.74 Å². The molecule has 0 radical (unpaired) electrons. The fraction of sp³-hybridized carbons (Fsp3) is 0.133. The lowest BCUT2D eigenvalue weighted by Crippen LogP contribution is -2.12. The lowest BCUT2D eigenvalue weighted by Gasteiger charge is -2.17. The number of ether oxygens (including phenoxy) is 2. The predicted molar refractivity (Wildman–Crippen MR) is 68.2 cm³/mol. The van der Waals surface area contributed by atoms with Crippen molar-refractivity contribution >= 4 is 6.16 Å². The van der Waals surface area contributed by atoms with E-state index >= 15 is 0 Å². The number of methoxy groups -OCH3 is 1. The summed E-state index contributed by atoms with van der Waals surface area (Å²) in [5.41, 5.74) is 1.82. The summed E-state index contributed by atoms with van der Waals surface area (Å²) >= 11 is 0. The Hall–Kier alpha value is -2.29. The molecule has 0 atom stereocenters. The average Bonchev–Trinajstić information content (AvgIpc) is 2.46. The zero-order valence-electron chi connectivity index (χ0n) is 10.1. The molecule has 0 saturated heterocycles. The molecule has 92 valence electrons. The number of hydrogen-bond donors (Lipinski definition) is 0. The SMILES string of the molecule is COC(=O)OC(c1ccccc1)c1ccccc1. The molecule has 0 aromatic heterocycles. The Morgan fingerprint density at radius 3 is 1.72 bits per heavy atom. The minimum absolute atomic E-state index is 0.445. The van der Waals surface area contributed by atoms with Crippen LogP contribution < -0.4 is 0 Å². The summed E-state index contributed by atoms with van der Waals surface area (Å²) in [6, 6.07) is 19.1. The van der Waals surface area contributed by atoms with Crippen LogP contribution in [-0.4, -0.2) is 13.3 Å². The van der Waals surface area contributed by atoms with Gasteiger partial charge in [0.1, 0.15) is 0 Å². The molecule has 0 aliphatic heterocycles. The molecule has 18 heavy (non-hydrogen) atoms. The Kier molecular flexibility index (Phi) is 3.97. The third-order valence-corrected chi connectivity index (χ3v) is 2.59. The summed E-state index contributed by atoms with van der Waals surface area (Å²) in [5, 5.41) is 0. The highest BCUT2D eigenvalue weighted by atomic mass is 16.7. The normalized spacial score (nSPS) is 10.1. The second-order valence-corrected chi connectivity index (χ2v) is 3.77. The van der Waals surface area contributed by atoms with Crippen LogP contribution in [0, 0.1) is 0 Å². The van der Waals surface area contributed by atoms with E-state index in [1.54, 1.807) is 0 Å². The maximum absolute atomic E-state index is 11.3. The van der Waals surface area contributed by atoms with E-state index < -0.39 is 12.3 Å². The molecule has 0 bridgehead atoms. The van der Waals surface area contributed by atoms with Crippen LogP contribution in [0.3, 0.4) is 0 Å². The van der Waals surface area contributed by atoms with E-state index in [0.29, 0.717) is 0 Å². The van der Waals surface area contributed by atoms with Crippen LogP contribution in [0.2, 0.25) is 0 Å². The van der Waals surface area contributed by atoms with Gasteiger partial charge in [0.25, 0.3) is 0 Å². The Labute approximate surface area is 106 Å². The molecule has 0 amide bonds. The summed E-state index contributed by atoms with van der Waals surface area (Å²) in [4.78, 5) is 11.3. The van der Waals surface area contributed by atoms with Gasteiger partial charge >= 0.3 is 6.16 Å². The zero-order valence-corrected chi connectivity index (χ0v) is 10.1. The number of carbonyl (C=O) groups is 1. The van der Waals surface area contributed by atoms with Crippen LogP contribution >= 0.6 is 0 Å². The van der Waals surface area contributed by atoms with Crippen LogP contribution in [-0.2, 0) is 9.47 Å². The van der Waals surface area contributed by atoms with E-state index in [-0.39, 0.29) is 0 Å². The standard InChI is InChI=1S/C15H14O3/c1-17-15(16)18-14(12-8-4-2-5-9-12)13-10-6-3-7-11-13/h2-11,14H,1H3. The van der Waals surface area contributed by atoms with Gasteiger partial charge < -0.3 is 9.47 Å². The fourth-order valence-corrected chi connectivity index (χ4v) is 1.73. The largest absolute Gasteiger partial charge is 0.508 e. The van der Waals surface area contributed by atoms with E-state index in [2.05, 4.69) is 4.74 Å². The van der Waals surface area contributed by atoms with Crippen LogP contribution in [0.25, 0.3) is 0 Å². The van der Waals surface area contributed by atoms with Crippen molar-refractivity contribution in [2.24, 2.45) is 0 Å². The third kappa shape index (κ3) is 2.88. The third-order valence-electron chi connectivity index (χ3n) is 2.59. The van der Waals surface area contributed by atoms with Gasteiger partial charge in [-0.05, 0) is 11.1 Å². The van der Waals surface area contributed by atoms with E-state index in [0.717, 1.165) is 11.1 Å².